The summed E-state index contributed by atoms with van der Waals surface area (Å²) in [6.07, 6.45) is 0. The summed E-state index contributed by atoms with van der Waals surface area (Å²) in [7, 11) is 0. The van der Waals surface area contributed by atoms with Gasteiger partial charge in [-0.1, -0.05) is 5.16 Å². The summed E-state index contributed by atoms with van der Waals surface area (Å²) >= 11 is 0. The fourth-order valence-electron chi connectivity index (χ4n) is 1.67. The molecule has 0 saturated carbocycles. The van der Waals surface area contributed by atoms with Crippen LogP contribution in [0.25, 0.3) is 11.5 Å². The molecule has 98 valence electrons. The van der Waals surface area contributed by atoms with E-state index in [1.165, 1.54) is 26.0 Å². The van der Waals surface area contributed by atoms with Crippen LogP contribution < -0.4 is 0 Å². The smallest absolute Gasteiger partial charge is 0.341 e. The molecule has 0 aliphatic carbocycles. The van der Waals surface area contributed by atoms with Gasteiger partial charge in [-0.05, 0) is 19.9 Å². The van der Waals surface area contributed by atoms with Gasteiger partial charge in [-0.3, -0.25) is 10.1 Å². The van der Waals surface area contributed by atoms with Crippen molar-refractivity contribution < 1.29 is 19.3 Å². The van der Waals surface area contributed by atoms with Gasteiger partial charge in [0.1, 0.15) is 17.0 Å². The highest BCUT2D eigenvalue weighted by Crippen LogP contribution is 2.27. The fourth-order valence-corrected chi connectivity index (χ4v) is 1.67. The summed E-state index contributed by atoms with van der Waals surface area (Å²) in [5, 5.41) is 23.3. The van der Waals surface area contributed by atoms with Crippen LogP contribution in [-0.4, -0.2) is 26.1 Å². The molecule has 2 aromatic heterocycles. The number of rotatable bonds is 3. The molecule has 0 amide bonds. The first kappa shape index (κ1) is 12.7. The molecular formula is C11H9N3O5. The minimum atomic E-state index is -1.19. The zero-order valence-corrected chi connectivity index (χ0v) is 10.1. The molecule has 0 aromatic carbocycles. The SMILES string of the molecule is Cc1nc(-c2onc(C)c2C(=O)O)ccc1[N+](=O)[O-]. The number of nitrogens with zero attached hydrogens (tertiary/aromatic N) is 3. The van der Waals surface area contributed by atoms with Gasteiger partial charge in [-0.2, -0.15) is 0 Å². The number of nitro groups is 1. The van der Waals surface area contributed by atoms with Crippen molar-refractivity contribution in [1.29, 1.82) is 0 Å². The Bertz CT molecular complexity index is 677. The Morgan fingerprint density at radius 1 is 1.37 bits per heavy atom. The minimum absolute atomic E-state index is 0.0111. The molecule has 0 atom stereocenters. The highest BCUT2D eigenvalue weighted by Gasteiger charge is 2.23. The van der Waals surface area contributed by atoms with Crippen LogP contribution in [0.2, 0.25) is 0 Å². The molecule has 0 fully saturated rings. The van der Waals surface area contributed by atoms with Crippen LogP contribution in [0.4, 0.5) is 5.69 Å². The second-order valence-electron chi connectivity index (χ2n) is 3.84. The Labute approximate surface area is 106 Å². The second kappa shape index (κ2) is 4.48. The summed E-state index contributed by atoms with van der Waals surface area (Å²) in [6, 6.07) is 2.58. The van der Waals surface area contributed by atoms with Gasteiger partial charge in [-0.25, -0.2) is 9.78 Å². The number of carboxylic acid groups (broad SMARTS) is 1. The molecule has 19 heavy (non-hydrogen) atoms. The molecule has 8 nitrogen and oxygen atoms in total. The Hall–Kier alpha value is -2.77. The lowest BCUT2D eigenvalue weighted by Gasteiger charge is -2.00. The molecule has 0 bridgehead atoms. The van der Waals surface area contributed by atoms with Crippen molar-refractivity contribution in [2.24, 2.45) is 0 Å². The number of aromatic carboxylic acids is 1. The van der Waals surface area contributed by atoms with E-state index in [1.54, 1.807) is 0 Å². The Morgan fingerprint density at radius 3 is 2.58 bits per heavy atom. The van der Waals surface area contributed by atoms with E-state index >= 15 is 0 Å². The number of carboxylic acids is 1. The number of aromatic nitrogens is 2. The van der Waals surface area contributed by atoms with Crippen molar-refractivity contribution in [2.75, 3.05) is 0 Å². The van der Waals surface area contributed by atoms with E-state index in [2.05, 4.69) is 10.1 Å². The molecule has 0 unspecified atom stereocenters. The first-order valence-electron chi connectivity index (χ1n) is 5.23. The fraction of sp³-hybridized carbons (Fsp3) is 0.182. The molecule has 0 aliphatic rings. The highest BCUT2D eigenvalue weighted by atomic mass is 16.6. The zero-order valence-electron chi connectivity index (χ0n) is 10.1. The second-order valence-corrected chi connectivity index (χ2v) is 3.84. The number of aryl methyl sites for hydroxylation is 2. The molecule has 2 heterocycles. The minimum Gasteiger partial charge on any atom is -0.477 e. The highest BCUT2D eigenvalue weighted by molar-refractivity contribution is 5.94. The van der Waals surface area contributed by atoms with Gasteiger partial charge in [0, 0.05) is 6.07 Å². The molecule has 1 N–H and O–H groups in total. The molecule has 0 spiro atoms. The number of carbonyl (C=O) groups is 1. The molecule has 8 heteroatoms. The van der Waals surface area contributed by atoms with Crippen LogP contribution in [0.5, 0.6) is 0 Å². The van der Waals surface area contributed by atoms with Crippen molar-refractivity contribution >= 4 is 11.7 Å². The maximum Gasteiger partial charge on any atom is 0.341 e. The van der Waals surface area contributed by atoms with Crippen molar-refractivity contribution in [3.05, 3.63) is 39.2 Å². The number of pyridine rings is 1. The lowest BCUT2D eigenvalue weighted by molar-refractivity contribution is -0.385. The van der Waals surface area contributed by atoms with Crippen LogP contribution in [-0.2, 0) is 0 Å². The monoisotopic (exact) mass is 263 g/mol. The molecule has 2 aromatic rings. The average Bonchev–Trinajstić information content (AvgIpc) is 2.70. The standard InChI is InChI=1S/C11H9N3O5/c1-5-8(14(17)18)4-3-7(12-5)10-9(11(15)16)6(2)13-19-10/h3-4H,1-2H3,(H,15,16). The van der Waals surface area contributed by atoms with E-state index in [0.717, 1.165) is 0 Å². The van der Waals surface area contributed by atoms with Gasteiger partial charge in [0.25, 0.3) is 5.69 Å². The van der Waals surface area contributed by atoms with Crippen LogP contribution >= 0.6 is 0 Å². The third-order valence-corrected chi connectivity index (χ3v) is 2.56. The first-order valence-corrected chi connectivity index (χ1v) is 5.23. The van der Waals surface area contributed by atoms with Gasteiger partial charge in [-0.15, -0.1) is 0 Å². The summed E-state index contributed by atoms with van der Waals surface area (Å²) in [5.41, 5.74) is 0.354. The van der Waals surface area contributed by atoms with Gasteiger partial charge in [0.15, 0.2) is 5.76 Å². The predicted octanol–water partition coefficient (Wildman–Crippen LogP) is 1.96. The maximum atomic E-state index is 11.1. The van der Waals surface area contributed by atoms with Crippen LogP contribution in [0.15, 0.2) is 16.7 Å². The van der Waals surface area contributed by atoms with Crippen LogP contribution in [0.3, 0.4) is 0 Å². The van der Waals surface area contributed by atoms with Crippen molar-refractivity contribution in [1.82, 2.24) is 10.1 Å². The third kappa shape index (κ3) is 2.15. The van der Waals surface area contributed by atoms with E-state index in [9.17, 15) is 14.9 Å². The first-order chi connectivity index (χ1) is 8.91. The van der Waals surface area contributed by atoms with Gasteiger partial charge in [0.05, 0.1) is 10.6 Å². The van der Waals surface area contributed by atoms with Crippen LogP contribution in [0, 0.1) is 24.0 Å². The maximum absolute atomic E-state index is 11.1. The van der Waals surface area contributed by atoms with Gasteiger partial charge < -0.3 is 9.63 Å². The van der Waals surface area contributed by atoms with E-state index in [4.69, 9.17) is 9.63 Å². The Balaban J connectivity index is 2.58. The van der Waals surface area contributed by atoms with Gasteiger partial charge in [0.2, 0.25) is 0 Å². The zero-order chi connectivity index (χ0) is 14.2. The topological polar surface area (TPSA) is 119 Å². The number of hydrogen-bond acceptors (Lipinski definition) is 6. The summed E-state index contributed by atoms with van der Waals surface area (Å²) in [6.45, 7) is 2.96. The molecule has 0 aliphatic heterocycles. The van der Waals surface area contributed by atoms with E-state index in [-0.39, 0.29) is 34.1 Å². The summed E-state index contributed by atoms with van der Waals surface area (Å²) in [4.78, 5) is 25.2. The van der Waals surface area contributed by atoms with Crippen LogP contribution in [0.1, 0.15) is 21.7 Å². The lowest BCUT2D eigenvalue weighted by Crippen LogP contribution is -2.01. The van der Waals surface area contributed by atoms with Crippen molar-refractivity contribution in [3.8, 4) is 11.5 Å². The largest absolute Gasteiger partial charge is 0.477 e. The quantitative estimate of drug-likeness (QED) is 0.663. The number of hydrogen-bond donors (Lipinski definition) is 1. The summed E-state index contributed by atoms with van der Waals surface area (Å²) in [5.74, 6) is -1.20. The van der Waals surface area contributed by atoms with E-state index < -0.39 is 10.9 Å². The third-order valence-electron chi connectivity index (χ3n) is 2.56. The predicted molar refractivity (Wildman–Crippen MR) is 62.8 cm³/mol. The normalized spacial score (nSPS) is 10.4. The van der Waals surface area contributed by atoms with Crippen molar-refractivity contribution in [2.45, 2.75) is 13.8 Å². The summed E-state index contributed by atoms with van der Waals surface area (Å²) < 4.78 is 4.93. The van der Waals surface area contributed by atoms with Crippen molar-refractivity contribution in [3.63, 3.8) is 0 Å². The molecule has 0 saturated heterocycles. The van der Waals surface area contributed by atoms with E-state index in [0.29, 0.717) is 0 Å². The molecule has 2 rings (SSSR count). The lowest BCUT2D eigenvalue weighted by atomic mass is 10.1. The molecule has 0 radical (unpaired) electrons. The van der Waals surface area contributed by atoms with E-state index in [1.807, 2.05) is 0 Å². The Morgan fingerprint density at radius 2 is 2.05 bits per heavy atom. The Kier molecular flexibility index (Phi) is 2.99. The van der Waals surface area contributed by atoms with Gasteiger partial charge >= 0.3 is 5.97 Å². The molecular weight excluding hydrogens is 254 g/mol. The average molecular weight is 263 g/mol.